The minimum atomic E-state index is -0.167. The number of fused-ring (bicyclic) bond motifs is 15. The van der Waals surface area contributed by atoms with Crippen molar-refractivity contribution in [1.29, 1.82) is 0 Å². The van der Waals surface area contributed by atoms with Crippen LogP contribution in [0.15, 0.2) is 188 Å². The molecule has 644 valence electrons. The van der Waals surface area contributed by atoms with Gasteiger partial charge in [-0.15, -0.1) is 0 Å². The quantitative estimate of drug-likeness (QED) is 0.0359. The molecule has 0 saturated carbocycles. The average molecular weight is 1620 g/mol. The van der Waals surface area contributed by atoms with Crippen LogP contribution in [0, 0.1) is 66.1 Å². The van der Waals surface area contributed by atoms with E-state index in [1.54, 1.807) is 55.6 Å². The molecular weight excluding hydrogens is 1470 g/mol. The Bertz CT molecular complexity index is 5280. The highest BCUT2D eigenvalue weighted by molar-refractivity contribution is 5.93. The van der Waals surface area contributed by atoms with Crippen molar-refractivity contribution < 1.29 is 0 Å². The molecule has 0 N–H and O–H groups in total. The van der Waals surface area contributed by atoms with E-state index in [2.05, 4.69) is 333 Å². The fourth-order valence-corrected chi connectivity index (χ4v) is 25.4. The van der Waals surface area contributed by atoms with Gasteiger partial charge < -0.3 is 0 Å². The molecule has 10 unspecified atom stereocenters. The van der Waals surface area contributed by atoms with Crippen LogP contribution in [-0.4, -0.2) is 0 Å². The van der Waals surface area contributed by atoms with Gasteiger partial charge in [0, 0.05) is 27.1 Å². The lowest BCUT2D eigenvalue weighted by Gasteiger charge is -2.39. The fourth-order valence-electron chi connectivity index (χ4n) is 25.4. The largest absolute Gasteiger partial charge is 0.0654 e. The molecule has 0 spiro atoms. The Labute approximate surface area is 743 Å². The van der Waals surface area contributed by atoms with Crippen LogP contribution in [0.1, 0.15) is 367 Å². The van der Waals surface area contributed by atoms with Gasteiger partial charge in [0.25, 0.3) is 0 Å². The van der Waals surface area contributed by atoms with Crippen molar-refractivity contribution in [3.05, 3.63) is 249 Å². The van der Waals surface area contributed by atoms with Crippen LogP contribution >= 0.6 is 0 Å². The van der Waals surface area contributed by atoms with E-state index in [0.717, 1.165) is 51.4 Å². The molecule has 5 aliphatic carbocycles. The Kier molecular flexibility index (Phi) is 27.0. The van der Waals surface area contributed by atoms with Crippen LogP contribution in [0.4, 0.5) is 0 Å². The van der Waals surface area contributed by atoms with Crippen molar-refractivity contribution in [2.45, 2.75) is 339 Å². The zero-order valence-electron chi connectivity index (χ0n) is 80.1. The van der Waals surface area contributed by atoms with Crippen LogP contribution < -0.4 is 0 Å². The topological polar surface area (TPSA) is 0 Å². The molecule has 0 fully saturated rings. The van der Waals surface area contributed by atoms with Gasteiger partial charge >= 0.3 is 0 Å². The standard InChI is InChI=1S/C122H156/c1-22-34-38-88(32-11)77-122(78-89(33-12)39-35-23-2)116-67-96(91-44-53-101-99-51-42-87(21)60-109(99)119(111(101)62-91,71-81(15)26-5)72-82(16)27-6)49-58-106(116)107-59-50-97(68-117(107)122)95-48-57-105-104-56-47-94(65-114(104)121(115(105)66-95,75-85(19)30-9)76-86(20)31-10)93-46-55-103-102-54-45-92(63-112(102)120(113(103)64-93,73-83(17)28-7)74-84(18)29-8)90-43-52-100-98-40-36-37-41-108(98)118(110(100)61-90,69-79(13)24-3)70-80(14)25-4/h36-37,40-68,79-86,88-89H,22-35,38-39,69-78H2,1-21H3. The van der Waals surface area contributed by atoms with Crippen molar-refractivity contribution >= 4 is 0 Å². The first kappa shape index (κ1) is 89.0. The molecule has 0 aromatic heterocycles. The highest BCUT2D eigenvalue weighted by Crippen LogP contribution is 2.65. The van der Waals surface area contributed by atoms with Gasteiger partial charge in [0.1, 0.15) is 0 Å². The summed E-state index contributed by atoms with van der Waals surface area (Å²) in [6.07, 6.45) is 31.1. The average Bonchev–Trinajstić information content (AvgIpc) is 1.56. The van der Waals surface area contributed by atoms with Gasteiger partial charge in [-0.2, -0.15) is 0 Å². The van der Waals surface area contributed by atoms with E-state index in [4.69, 9.17) is 0 Å². The van der Waals surface area contributed by atoms with E-state index in [0.29, 0.717) is 59.2 Å². The van der Waals surface area contributed by atoms with Crippen LogP contribution in [0.2, 0.25) is 0 Å². The SMILES string of the molecule is CCCCC(CC)CC1(CC(CC)CCCC)c2cc(-c3ccc4c(c3)C(CC(C)CC)(CC(C)CC)c3cc(C)ccc3-4)ccc2-c2ccc(-c3ccc4c(c3)C(CC(C)CC)(CC(C)CC)c3cc(-c5ccc6c(c5)C(CC(C)CC)(CC(C)CC)c5cc(-c7ccc8c(c7)C(CC(C)CC)(CC(C)CC)c7ccccc7-8)ccc5-6)ccc3-4)cc21. The van der Waals surface area contributed by atoms with Gasteiger partial charge in [0.05, 0.1) is 0 Å². The third-order valence-electron chi connectivity index (χ3n) is 33.7. The van der Waals surface area contributed by atoms with Gasteiger partial charge in [-0.05, 0) is 335 Å². The van der Waals surface area contributed by atoms with Crippen molar-refractivity contribution in [2.75, 3.05) is 0 Å². The van der Waals surface area contributed by atoms with E-state index in [1.807, 2.05) is 0 Å². The Balaban J connectivity index is 0.851. The maximum Gasteiger partial charge on any atom is 0.0220 e. The second kappa shape index (κ2) is 37.0. The minimum absolute atomic E-state index is 0.0115. The monoisotopic (exact) mass is 1620 g/mol. The molecule has 0 heterocycles. The highest BCUT2D eigenvalue weighted by atomic mass is 14.5. The first-order valence-corrected chi connectivity index (χ1v) is 50.3. The molecule has 0 aliphatic heterocycles. The number of unbranched alkanes of at least 4 members (excludes halogenated alkanes) is 2. The third kappa shape index (κ3) is 16.0. The summed E-state index contributed by atoms with van der Waals surface area (Å²) in [6, 6.07) is 79.7. The normalized spacial score (nSPS) is 21.7. The second-order valence-corrected chi connectivity index (χ2v) is 42.1. The van der Waals surface area contributed by atoms with Crippen LogP contribution in [-0.2, 0) is 27.1 Å². The molecule has 0 saturated heterocycles. The number of hydrogen-bond acceptors (Lipinski definition) is 0. The molecule has 5 aliphatic rings. The number of benzene rings is 10. The molecule has 122 heavy (non-hydrogen) atoms. The number of rotatable bonds is 40. The summed E-state index contributed by atoms with van der Waals surface area (Å²) < 4.78 is 0. The first-order valence-electron chi connectivity index (χ1n) is 50.3. The van der Waals surface area contributed by atoms with Crippen molar-refractivity contribution in [2.24, 2.45) is 59.2 Å². The lowest BCUT2D eigenvalue weighted by molar-refractivity contribution is 0.266. The van der Waals surface area contributed by atoms with Crippen molar-refractivity contribution in [3.63, 3.8) is 0 Å². The third-order valence-corrected chi connectivity index (χ3v) is 33.7. The molecule has 0 amide bonds. The van der Waals surface area contributed by atoms with Crippen LogP contribution in [0.25, 0.3) is 100 Å². The molecule has 10 aromatic rings. The van der Waals surface area contributed by atoms with E-state index in [9.17, 15) is 0 Å². The molecule has 10 aromatic carbocycles. The molecule has 15 rings (SSSR count). The predicted octanol–water partition coefficient (Wildman–Crippen LogP) is 36.7. The van der Waals surface area contributed by atoms with Gasteiger partial charge in [0.2, 0.25) is 0 Å². The maximum atomic E-state index is 2.79. The summed E-state index contributed by atoms with van der Waals surface area (Å²) in [7, 11) is 0. The molecule has 0 heteroatoms. The second-order valence-electron chi connectivity index (χ2n) is 42.1. The van der Waals surface area contributed by atoms with E-state index >= 15 is 0 Å². The van der Waals surface area contributed by atoms with E-state index < -0.39 is 0 Å². The molecule has 0 nitrogen and oxygen atoms in total. The summed E-state index contributed by atoms with van der Waals surface area (Å²) in [5.41, 5.74) is 42.2. The fraction of sp³-hybridized carbons (Fsp3) is 0.508. The smallest absolute Gasteiger partial charge is 0.0220 e. The summed E-state index contributed by atoms with van der Waals surface area (Å²) in [4.78, 5) is 0. The first-order chi connectivity index (χ1) is 58.9. The minimum Gasteiger partial charge on any atom is -0.0654 e. The summed E-state index contributed by atoms with van der Waals surface area (Å²) in [6.45, 7) is 51.9. The number of hydrogen-bond donors (Lipinski definition) is 0. The molecule has 0 bridgehead atoms. The molecular formula is C122H156. The molecule has 0 radical (unpaired) electrons. The zero-order chi connectivity index (χ0) is 86.3. The Morgan fingerprint density at radius 1 is 0.197 bits per heavy atom. The Hall–Kier alpha value is -7.80. The van der Waals surface area contributed by atoms with Crippen LogP contribution in [0.5, 0.6) is 0 Å². The lowest BCUT2D eigenvalue weighted by atomic mass is 9.64. The van der Waals surface area contributed by atoms with E-state index in [1.165, 1.54) is 221 Å². The Morgan fingerprint density at radius 3 is 0.598 bits per heavy atom. The Morgan fingerprint density at radius 2 is 0.385 bits per heavy atom. The summed E-state index contributed by atoms with van der Waals surface area (Å²) in [5, 5.41) is 0. The summed E-state index contributed by atoms with van der Waals surface area (Å²) >= 11 is 0. The molecule has 10 atom stereocenters. The van der Waals surface area contributed by atoms with Crippen molar-refractivity contribution in [1.82, 2.24) is 0 Å². The predicted molar refractivity (Wildman–Crippen MR) is 532 cm³/mol. The zero-order valence-corrected chi connectivity index (χ0v) is 80.1. The maximum absolute atomic E-state index is 2.79. The van der Waals surface area contributed by atoms with Gasteiger partial charge in [0.15, 0.2) is 0 Å². The van der Waals surface area contributed by atoms with Gasteiger partial charge in [-0.3, -0.25) is 0 Å². The highest BCUT2D eigenvalue weighted by Gasteiger charge is 2.52. The summed E-state index contributed by atoms with van der Waals surface area (Å²) in [5.74, 6) is 5.91. The van der Waals surface area contributed by atoms with Crippen molar-refractivity contribution in [3.8, 4) is 100 Å². The van der Waals surface area contributed by atoms with E-state index in [-0.39, 0.29) is 27.1 Å². The lowest BCUT2D eigenvalue weighted by Crippen LogP contribution is -2.31. The van der Waals surface area contributed by atoms with Gasteiger partial charge in [-0.1, -0.05) is 386 Å². The van der Waals surface area contributed by atoms with Gasteiger partial charge in [-0.25, -0.2) is 0 Å². The van der Waals surface area contributed by atoms with Crippen LogP contribution in [0.3, 0.4) is 0 Å². The number of aryl methyl sites for hydroxylation is 1.